The lowest BCUT2D eigenvalue weighted by molar-refractivity contribution is -0.0208. The fourth-order valence-electron chi connectivity index (χ4n) is 6.25. The summed E-state index contributed by atoms with van der Waals surface area (Å²) >= 11 is 0. The zero-order valence-electron chi connectivity index (χ0n) is 25.4. The van der Waals surface area contributed by atoms with Crippen molar-refractivity contribution in [1.82, 2.24) is 24.3 Å². The first-order valence-electron chi connectivity index (χ1n) is 15.4. The van der Waals surface area contributed by atoms with Crippen molar-refractivity contribution in [3.63, 3.8) is 0 Å². The second kappa shape index (κ2) is 12.9. The van der Waals surface area contributed by atoms with Crippen LogP contribution in [0.2, 0.25) is 0 Å². The summed E-state index contributed by atoms with van der Waals surface area (Å²) in [5, 5.41) is 3.96. The normalized spacial score (nSPS) is 18.4. The number of nitrogens with zero attached hydrogens (tertiary/aromatic N) is 5. The molecule has 0 radical (unpaired) electrons. The summed E-state index contributed by atoms with van der Waals surface area (Å²) in [6.45, 7) is 3.58. The quantitative estimate of drug-likeness (QED) is 0.274. The van der Waals surface area contributed by atoms with Crippen molar-refractivity contribution in [3.8, 4) is 11.1 Å². The Morgan fingerprint density at radius 1 is 1.02 bits per heavy atom. The highest BCUT2D eigenvalue weighted by molar-refractivity contribution is 5.82. The SMILES string of the molecule is CN(C)CCn1c(=O)c(-c2ccc(C3CCCCC3)cc2F)cc2cnc(Nc3ccc(C4CN(C)CCO4)cc3)nc21. The maximum absolute atomic E-state index is 15.6. The Hall–Kier alpha value is -3.66. The number of hydrogen-bond acceptors (Lipinski definition) is 7. The number of anilines is 2. The van der Waals surface area contributed by atoms with Crippen LogP contribution in [0.4, 0.5) is 16.0 Å². The molecule has 6 rings (SSSR count). The number of pyridine rings is 1. The van der Waals surface area contributed by atoms with Gasteiger partial charge in [-0.2, -0.15) is 4.98 Å². The van der Waals surface area contributed by atoms with E-state index in [2.05, 4.69) is 34.4 Å². The summed E-state index contributed by atoms with van der Waals surface area (Å²) < 4.78 is 23.2. The van der Waals surface area contributed by atoms with Gasteiger partial charge < -0.3 is 19.9 Å². The van der Waals surface area contributed by atoms with Gasteiger partial charge in [0.05, 0.1) is 18.3 Å². The van der Waals surface area contributed by atoms with Crippen LogP contribution in [0.25, 0.3) is 22.2 Å². The number of nitrogens with one attached hydrogen (secondary N) is 1. The molecule has 1 saturated heterocycles. The molecule has 1 aliphatic heterocycles. The van der Waals surface area contributed by atoms with Crippen LogP contribution in [-0.2, 0) is 11.3 Å². The third-order valence-electron chi connectivity index (χ3n) is 8.77. The van der Waals surface area contributed by atoms with Gasteiger partial charge >= 0.3 is 0 Å². The first-order valence-corrected chi connectivity index (χ1v) is 15.4. The van der Waals surface area contributed by atoms with Gasteiger partial charge in [-0.15, -0.1) is 0 Å². The molecule has 2 fully saturated rings. The van der Waals surface area contributed by atoms with Gasteiger partial charge in [-0.25, -0.2) is 9.37 Å². The molecule has 1 atom stereocenters. The smallest absolute Gasteiger partial charge is 0.260 e. The van der Waals surface area contributed by atoms with Crippen LogP contribution in [0.1, 0.15) is 55.3 Å². The minimum atomic E-state index is -0.355. The number of benzene rings is 2. The Kier molecular flexibility index (Phi) is 8.83. The van der Waals surface area contributed by atoms with Crippen molar-refractivity contribution in [3.05, 3.63) is 82.0 Å². The predicted molar refractivity (Wildman–Crippen MR) is 169 cm³/mol. The first kappa shape index (κ1) is 29.4. The Labute approximate surface area is 252 Å². The Morgan fingerprint density at radius 3 is 2.51 bits per heavy atom. The predicted octanol–water partition coefficient (Wildman–Crippen LogP) is 5.95. The molecule has 0 amide bonds. The van der Waals surface area contributed by atoms with Crippen molar-refractivity contribution in [2.45, 2.75) is 50.7 Å². The van der Waals surface area contributed by atoms with E-state index in [1.807, 2.05) is 37.2 Å². The Bertz CT molecular complexity index is 1630. The van der Waals surface area contributed by atoms with E-state index in [1.54, 1.807) is 29.0 Å². The molecule has 8 nitrogen and oxygen atoms in total. The van der Waals surface area contributed by atoms with Crippen LogP contribution in [-0.4, -0.2) is 71.7 Å². The molecule has 43 heavy (non-hydrogen) atoms. The van der Waals surface area contributed by atoms with Crippen LogP contribution < -0.4 is 10.9 Å². The average molecular weight is 585 g/mol. The Morgan fingerprint density at radius 2 is 1.79 bits per heavy atom. The molecule has 3 heterocycles. The number of rotatable bonds is 8. The number of hydrogen-bond donors (Lipinski definition) is 1. The summed E-state index contributed by atoms with van der Waals surface area (Å²) in [5.41, 5.74) is 3.90. The lowest BCUT2D eigenvalue weighted by Gasteiger charge is -2.30. The molecule has 1 unspecified atom stereocenters. The first-order chi connectivity index (χ1) is 20.9. The summed E-state index contributed by atoms with van der Waals surface area (Å²) in [6, 6.07) is 15.2. The zero-order valence-corrected chi connectivity index (χ0v) is 25.4. The largest absolute Gasteiger partial charge is 0.371 e. The van der Waals surface area contributed by atoms with Crippen LogP contribution in [0.3, 0.4) is 0 Å². The van der Waals surface area contributed by atoms with Gasteiger partial charge in [-0.05, 0) is 75.3 Å². The fourth-order valence-corrected chi connectivity index (χ4v) is 6.25. The van der Waals surface area contributed by atoms with Gasteiger partial charge in [0.15, 0.2) is 0 Å². The third-order valence-corrected chi connectivity index (χ3v) is 8.77. The monoisotopic (exact) mass is 584 g/mol. The second-order valence-corrected chi connectivity index (χ2v) is 12.2. The molecule has 4 aromatic rings. The van der Waals surface area contributed by atoms with Gasteiger partial charge in [0, 0.05) is 49.0 Å². The molecule has 1 saturated carbocycles. The van der Waals surface area contributed by atoms with Crippen LogP contribution >= 0.6 is 0 Å². The van der Waals surface area contributed by atoms with E-state index in [9.17, 15) is 4.79 Å². The van der Waals surface area contributed by atoms with E-state index in [4.69, 9.17) is 9.72 Å². The minimum absolute atomic E-state index is 0.0540. The van der Waals surface area contributed by atoms with Gasteiger partial charge in [0.25, 0.3) is 5.56 Å². The maximum Gasteiger partial charge on any atom is 0.260 e. The van der Waals surface area contributed by atoms with Crippen molar-refractivity contribution >= 4 is 22.7 Å². The zero-order chi connectivity index (χ0) is 29.9. The van der Waals surface area contributed by atoms with Crippen LogP contribution in [0.15, 0.2) is 59.5 Å². The number of aromatic nitrogens is 3. The molecular weight excluding hydrogens is 543 g/mol. The summed E-state index contributed by atoms with van der Waals surface area (Å²) in [6.07, 6.45) is 7.56. The lowest BCUT2D eigenvalue weighted by atomic mass is 9.83. The van der Waals surface area contributed by atoms with E-state index >= 15 is 4.39 Å². The number of morpholine rings is 1. The lowest BCUT2D eigenvalue weighted by Crippen LogP contribution is -2.35. The number of fused-ring (bicyclic) bond motifs is 1. The Balaban J connectivity index is 1.31. The van der Waals surface area contributed by atoms with Gasteiger partial charge in [0.2, 0.25) is 5.95 Å². The molecule has 226 valence electrons. The molecule has 0 spiro atoms. The highest BCUT2D eigenvalue weighted by atomic mass is 19.1. The van der Waals surface area contributed by atoms with Gasteiger partial charge in [-0.3, -0.25) is 9.36 Å². The summed E-state index contributed by atoms with van der Waals surface area (Å²) in [7, 11) is 6.03. The minimum Gasteiger partial charge on any atom is -0.371 e. The van der Waals surface area contributed by atoms with Crippen LogP contribution in [0.5, 0.6) is 0 Å². The van der Waals surface area contributed by atoms with E-state index in [0.29, 0.717) is 47.1 Å². The van der Waals surface area contributed by atoms with Crippen molar-refractivity contribution < 1.29 is 9.13 Å². The van der Waals surface area contributed by atoms with Crippen molar-refractivity contribution in [1.29, 1.82) is 0 Å². The molecule has 0 bridgehead atoms. The topological polar surface area (TPSA) is 75.5 Å². The molecular formula is C34H41FN6O2. The summed E-state index contributed by atoms with van der Waals surface area (Å²) in [4.78, 5) is 27.5. The highest BCUT2D eigenvalue weighted by Gasteiger charge is 2.21. The van der Waals surface area contributed by atoms with Crippen molar-refractivity contribution in [2.75, 3.05) is 52.7 Å². The average Bonchev–Trinajstić information content (AvgIpc) is 3.01. The number of halogens is 1. The summed E-state index contributed by atoms with van der Waals surface area (Å²) in [5.74, 6) is 0.428. The molecule has 2 aliphatic rings. The van der Waals surface area contributed by atoms with E-state index in [1.165, 1.54) is 19.3 Å². The van der Waals surface area contributed by atoms with Crippen LogP contribution in [0, 0.1) is 5.82 Å². The molecule has 2 aromatic carbocycles. The standard InChI is InChI=1S/C34H41FN6O2/c1-39(2)15-16-41-32-26(19-29(33(41)42)28-14-11-25(20-30(28)35)23-7-5-4-6-8-23)21-36-34(38-32)37-27-12-9-24(10-13-27)31-22-40(3)17-18-43-31/h9-14,19-21,23,31H,4-8,15-18,22H2,1-3H3,(H,36,37,38). The second-order valence-electron chi connectivity index (χ2n) is 12.2. The van der Waals surface area contributed by atoms with E-state index in [-0.39, 0.29) is 17.5 Å². The van der Waals surface area contributed by atoms with E-state index < -0.39 is 0 Å². The third kappa shape index (κ3) is 6.64. The number of ether oxygens (including phenoxy) is 1. The van der Waals surface area contributed by atoms with Crippen molar-refractivity contribution in [2.24, 2.45) is 0 Å². The van der Waals surface area contributed by atoms with E-state index in [0.717, 1.165) is 49.4 Å². The number of likely N-dealkylation sites (N-methyl/N-ethyl adjacent to an activating group) is 2. The molecule has 1 aliphatic carbocycles. The molecule has 2 aromatic heterocycles. The van der Waals surface area contributed by atoms with Gasteiger partial charge in [-0.1, -0.05) is 43.5 Å². The molecule has 1 N–H and O–H groups in total. The highest BCUT2D eigenvalue weighted by Crippen LogP contribution is 2.35. The van der Waals surface area contributed by atoms with Gasteiger partial charge in [0.1, 0.15) is 11.5 Å². The fraction of sp³-hybridized carbons (Fsp3) is 0.441. The maximum atomic E-state index is 15.6. The molecule has 9 heteroatoms.